The van der Waals surface area contributed by atoms with Crippen molar-refractivity contribution in [1.82, 2.24) is 0 Å². The summed E-state index contributed by atoms with van der Waals surface area (Å²) in [5.74, 6) is -0.0798. The fourth-order valence-electron chi connectivity index (χ4n) is 2.34. The number of hydrogen-bond acceptors (Lipinski definition) is 3. The molecular weight excluding hydrogens is 230 g/mol. The zero-order valence-corrected chi connectivity index (χ0v) is 10.7. The molecule has 0 radical (unpaired) electrons. The highest BCUT2D eigenvalue weighted by Crippen LogP contribution is 2.46. The van der Waals surface area contributed by atoms with Gasteiger partial charge in [-0.3, -0.25) is 4.79 Å². The molecule has 2 rings (SSSR count). The van der Waals surface area contributed by atoms with Crippen molar-refractivity contribution in [3.8, 4) is 5.75 Å². The van der Waals surface area contributed by atoms with E-state index < -0.39 is 5.97 Å². The number of ether oxygens (including phenoxy) is 1. The van der Waals surface area contributed by atoms with Crippen LogP contribution in [-0.4, -0.2) is 17.7 Å². The molecule has 0 bridgehead atoms. The van der Waals surface area contributed by atoms with E-state index in [1.807, 2.05) is 32.0 Å². The van der Waals surface area contributed by atoms with E-state index in [0.717, 1.165) is 16.9 Å². The van der Waals surface area contributed by atoms with Crippen LogP contribution in [0, 0.1) is 18.8 Å². The van der Waals surface area contributed by atoms with Gasteiger partial charge in [-0.1, -0.05) is 12.1 Å². The summed E-state index contributed by atoms with van der Waals surface area (Å²) >= 11 is 0. The van der Waals surface area contributed by atoms with Crippen LogP contribution >= 0.6 is 0 Å². The Hall–Kier alpha value is -1.55. The van der Waals surface area contributed by atoms with Crippen LogP contribution in [-0.2, 0) is 4.79 Å². The monoisotopic (exact) mass is 249 g/mol. The summed E-state index contributed by atoms with van der Waals surface area (Å²) in [5.41, 5.74) is 8.15. The van der Waals surface area contributed by atoms with Crippen molar-refractivity contribution in [3.05, 3.63) is 29.3 Å². The molecule has 1 aromatic rings. The number of hydrogen-bond donors (Lipinski definition) is 2. The molecule has 0 aromatic heterocycles. The van der Waals surface area contributed by atoms with E-state index in [-0.39, 0.29) is 17.9 Å². The molecule has 3 unspecified atom stereocenters. The third-order valence-electron chi connectivity index (χ3n) is 3.50. The maximum atomic E-state index is 10.8. The lowest BCUT2D eigenvalue weighted by Gasteiger charge is -2.14. The van der Waals surface area contributed by atoms with Gasteiger partial charge in [0.25, 0.3) is 0 Å². The van der Waals surface area contributed by atoms with Gasteiger partial charge in [0.2, 0.25) is 0 Å². The number of aryl methyl sites for hydroxylation is 1. The number of aliphatic carboxylic acids is 1. The van der Waals surface area contributed by atoms with Gasteiger partial charge in [-0.05, 0) is 43.4 Å². The standard InChI is InChI=1S/C14H19NO3/c1-3-18-12-5-4-9(6-8(12)2)13(15)10-7-11(10)14(16)17/h4-6,10-11,13H,3,7,15H2,1-2H3,(H,16,17). The van der Waals surface area contributed by atoms with Crippen molar-refractivity contribution >= 4 is 5.97 Å². The minimum absolute atomic E-state index is 0.0693. The Morgan fingerprint density at radius 3 is 2.83 bits per heavy atom. The Balaban J connectivity index is 2.10. The molecule has 1 aliphatic carbocycles. The first-order chi connectivity index (χ1) is 8.54. The quantitative estimate of drug-likeness (QED) is 0.838. The molecule has 1 aromatic carbocycles. The summed E-state index contributed by atoms with van der Waals surface area (Å²) in [5, 5.41) is 8.91. The summed E-state index contributed by atoms with van der Waals surface area (Å²) in [6.45, 7) is 4.56. The first-order valence-corrected chi connectivity index (χ1v) is 6.26. The number of carbonyl (C=O) groups is 1. The highest BCUT2D eigenvalue weighted by Gasteiger charge is 2.47. The third kappa shape index (κ3) is 2.48. The molecule has 0 saturated heterocycles. The second-order valence-corrected chi connectivity index (χ2v) is 4.83. The number of nitrogens with two attached hydrogens (primary N) is 1. The van der Waals surface area contributed by atoms with Crippen molar-refractivity contribution < 1.29 is 14.6 Å². The van der Waals surface area contributed by atoms with E-state index in [1.165, 1.54) is 0 Å². The maximum absolute atomic E-state index is 10.8. The molecule has 98 valence electrons. The Bertz CT molecular complexity index is 458. The zero-order valence-electron chi connectivity index (χ0n) is 10.7. The SMILES string of the molecule is CCOc1ccc(C(N)C2CC2C(=O)O)cc1C. The third-order valence-corrected chi connectivity index (χ3v) is 3.50. The first kappa shape index (κ1) is 12.9. The fraction of sp³-hybridized carbons (Fsp3) is 0.500. The van der Waals surface area contributed by atoms with Crippen LogP contribution in [0.3, 0.4) is 0 Å². The first-order valence-electron chi connectivity index (χ1n) is 6.26. The Morgan fingerprint density at radius 1 is 1.61 bits per heavy atom. The zero-order chi connectivity index (χ0) is 13.3. The number of carboxylic acids is 1. The molecule has 0 amide bonds. The topological polar surface area (TPSA) is 72.5 Å². The molecule has 1 saturated carbocycles. The van der Waals surface area contributed by atoms with Gasteiger partial charge in [-0.2, -0.15) is 0 Å². The van der Waals surface area contributed by atoms with Gasteiger partial charge < -0.3 is 15.6 Å². The lowest BCUT2D eigenvalue weighted by molar-refractivity contribution is -0.138. The highest BCUT2D eigenvalue weighted by molar-refractivity contribution is 5.73. The van der Waals surface area contributed by atoms with Crippen molar-refractivity contribution in [3.63, 3.8) is 0 Å². The molecule has 0 heterocycles. The molecule has 4 heteroatoms. The average Bonchev–Trinajstić information content (AvgIpc) is 3.11. The number of rotatable bonds is 5. The average molecular weight is 249 g/mol. The van der Waals surface area contributed by atoms with Gasteiger partial charge in [0.05, 0.1) is 12.5 Å². The van der Waals surface area contributed by atoms with Crippen molar-refractivity contribution in [2.24, 2.45) is 17.6 Å². The summed E-state index contributed by atoms with van der Waals surface area (Å²) < 4.78 is 5.47. The molecular formula is C14H19NO3. The summed E-state index contributed by atoms with van der Waals surface area (Å²) in [7, 11) is 0. The van der Waals surface area contributed by atoms with Crippen LogP contribution in [0.25, 0.3) is 0 Å². The summed E-state index contributed by atoms with van der Waals surface area (Å²) in [6, 6.07) is 5.64. The van der Waals surface area contributed by atoms with Crippen LogP contribution in [0.1, 0.15) is 30.5 Å². The molecule has 0 aliphatic heterocycles. The molecule has 3 atom stereocenters. The van der Waals surface area contributed by atoms with Crippen molar-refractivity contribution in [2.75, 3.05) is 6.61 Å². The second kappa shape index (κ2) is 4.98. The van der Waals surface area contributed by atoms with E-state index in [4.69, 9.17) is 15.6 Å². The molecule has 18 heavy (non-hydrogen) atoms. The number of benzene rings is 1. The van der Waals surface area contributed by atoms with Gasteiger partial charge in [0, 0.05) is 6.04 Å². The molecule has 1 aliphatic rings. The van der Waals surface area contributed by atoms with Crippen molar-refractivity contribution in [2.45, 2.75) is 26.3 Å². The Kier molecular flexibility index (Phi) is 3.57. The van der Waals surface area contributed by atoms with E-state index in [0.29, 0.717) is 13.0 Å². The van der Waals surface area contributed by atoms with E-state index >= 15 is 0 Å². The van der Waals surface area contributed by atoms with Crippen LogP contribution in [0.15, 0.2) is 18.2 Å². The lowest BCUT2D eigenvalue weighted by Crippen LogP contribution is -2.16. The van der Waals surface area contributed by atoms with E-state index in [2.05, 4.69) is 0 Å². The van der Waals surface area contributed by atoms with Gasteiger partial charge >= 0.3 is 5.97 Å². The van der Waals surface area contributed by atoms with Gasteiger partial charge in [-0.15, -0.1) is 0 Å². The molecule has 4 nitrogen and oxygen atoms in total. The highest BCUT2D eigenvalue weighted by atomic mass is 16.5. The van der Waals surface area contributed by atoms with Crippen LogP contribution < -0.4 is 10.5 Å². The molecule has 3 N–H and O–H groups in total. The van der Waals surface area contributed by atoms with E-state index in [9.17, 15) is 4.79 Å². The van der Waals surface area contributed by atoms with Crippen LogP contribution in [0.2, 0.25) is 0 Å². The minimum Gasteiger partial charge on any atom is -0.494 e. The fourth-order valence-corrected chi connectivity index (χ4v) is 2.34. The van der Waals surface area contributed by atoms with Crippen molar-refractivity contribution in [1.29, 1.82) is 0 Å². The summed E-state index contributed by atoms with van der Waals surface area (Å²) in [6.07, 6.45) is 0.683. The molecule has 0 spiro atoms. The number of carboxylic acid groups (broad SMARTS) is 1. The van der Waals surface area contributed by atoms with E-state index in [1.54, 1.807) is 0 Å². The smallest absolute Gasteiger partial charge is 0.306 e. The maximum Gasteiger partial charge on any atom is 0.306 e. The summed E-state index contributed by atoms with van der Waals surface area (Å²) in [4.78, 5) is 10.8. The van der Waals surface area contributed by atoms with Gasteiger partial charge in [0.15, 0.2) is 0 Å². The predicted molar refractivity (Wildman–Crippen MR) is 68.5 cm³/mol. The van der Waals surface area contributed by atoms with Gasteiger partial charge in [-0.25, -0.2) is 0 Å². The second-order valence-electron chi connectivity index (χ2n) is 4.83. The normalized spacial score (nSPS) is 23.5. The Morgan fingerprint density at radius 2 is 2.33 bits per heavy atom. The molecule has 1 fully saturated rings. The van der Waals surface area contributed by atoms with Gasteiger partial charge in [0.1, 0.15) is 5.75 Å². The predicted octanol–water partition coefficient (Wildman–Crippen LogP) is 2.11. The Labute approximate surface area is 107 Å². The lowest BCUT2D eigenvalue weighted by atomic mass is 9.99. The van der Waals surface area contributed by atoms with Crippen LogP contribution in [0.4, 0.5) is 0 Å². The largest absolute Gasteiger partial charge is 0.494 e. The van der Waals surface area contributed by atoms with Crippen LogP contribution in [0.5, 0.6) is 5.75 Å². The minimum atomic E-state index is -0.738.